The molecular weight excluding hydrogens is 194 g/mol. The Labute approximate surface area is 99.9 Å². The molecule has 0 bridgehead atoms. The maximum atomic E-state index is 5.25. The largest absolute Gasteiger partial charge is 0.297 e. The van der Waals surface area contributed by atoms with Crippen molar-refractivity contribution in [1.82, 2.24) is 4.90 Å². The third-order valence-corrected chi connectivity index (χ3v) is 4.30. The van der Waals surface area contributed by atoms with Crippen molar-refractivity contribution in [2.45, 2.75) is 57.5 Å². The highest BCUT2D eigenvalue weighted by atomic mass is 15.2. The number of terminal acetylenes is 1. The molecule has 1 nitrogen and oxygen atoms in total. The molecule has 2 rings (SSSR count). The van der Waals surface area contributed by atoms with E-state index in [1.165, 1.54) is 38.6 Å². The molecule has 0 amide bonds. The van der Waals surface area contributed by atoms with Gasteiger partial charge in [-0.1, -0.05) is 25.3 Å². The Bertz CT molecular complexity index is 286. The Kier molecular flexibility index (Phi) is 4.07. The van der Waals surface area contributed by atoms with Gasteiger partial charge in [-0.15, -0.1) is 6.42 Å². The lowest BCUT2D eigenvalue weighted by molar-refractivity contribution is 0.0192. The first-order valence-electron chi connectivity index (χ1n) is 6.70. The van der Waals surface area contributed by atoms with E-state index in [0.29, 0.717) is 0 Å². The van der Waals surface area contributed by atoms with Crippen molar-refractivity contribution in [2.75, 3.05) is 6.54 Å². The Morgan fingerprint density at radius 1 is 1.31 bits per heavy atom. The second-order valence-corrected chi connectivity index (χ2v) is 5.31. The first kappa shape index (κ1) is 11.7. The highest BCUT2D eigenvalue weighted by Gasteiger charge is 2.35. The molecule has 0 N–H and O–H groups in total. The van der Waals surface area contributed by atoms with Crippen LogP contribution in [0.1, 0.15) is 45.4 Å². The second kappa shape index (κ2) is 5.55. The Morgan fingerprint density at radius 2 is 2.19 bits per heavy atom. The third kappa shape index (κ3) is 2.50. The molecular formula is C15H23N. The zero-order chi connectivity index (χ0) is 11.4. The highest BCUT2D eigenvalue weighted by Crippen LogP contribution is 2.35. The summed E-state index contributed by atoms with van der Waals surface area (Å²) in [5.41, 5.74) is 0. The van der Waals surface area contributed by atoms with Crippen LogP contribution >= 0.6 is 0 Å². The molecule has 2 heterocycles. The highest BCUT2D eigenvalue weighted by molar-refractivity contribution is 5.09. The fourth-order valence-corrected chi connectivity index (χ4v) is 3.40. The van der Waals surface area contributed by atoms with Crippen LogP contribution < -0.4 is 0 Å². The Hall–Kier alpha value is -0.740. The molecule has 0 unspecified atom stereocenters. The van der Waals surface area contributed by atoms with Crippen molar-refractivity contribution in [1.29, 1.82) is 0 Å². The molecule has 3 atom stereocenters. The van der Waals surface area contributed by atoms with Crippen molar-refractivity contribution >= 4 is 0 Å². The van der Waals surface area contributed by atoms with E-state index < -0.39 is 0 Å². The summed E-state index contributed by atoms with van der Waals surface area (Å²) >= 11 is 0. The fraction of sp³-hybridized carbons (Fsp3) is 0.733. The topological polar surface area (TPSA) is 3.24 Å². The van der Waals surface area contributed by atoms with Gasteiger partial charge in [0.1, 0.15) is 0 Å². The van der Waals surface area contributed by atoms with Crippen LogP contribution in [0, 0.1) is 18.3 Å². The standard InChI is InChI=1S/C15H23N/c1-3-4-5-8-14-11-10-13(2)15-9-6-7-12-16(14)15/h1,4-5,13-15H,6-12H2,2H3/b5-4-/t13-,14+,15-/m0/s1. The number of hydrogen-bond donors (Lipinski definition) is 0. The Balaban J connectivity index is 1.98. The average molecular weight is 217 g/mol. The smallest absolute Gasteiger partial charge is 0.0133 e. The third-order valence-electron chi connectivity index (χ3n) is 4.30. The van der Waals surface area contributed by atoms with E-state index in [0.717, 1.165) is 24.4 Å². The lowest BCUT2D eigenvalue weighted by Crippen LogP contribution is -2.52. The van der Waals surface area contributed by atoms with Crippen molar-refractivity contribution < 1.29 is 0 Å². The quantitative estimate of drug-likeness (QED) is 0.642. The molecule has 0 radical (unpaired) electrons. The lowest BCUT2D eigenvalue weighted by atomic mass is 9.81. The van der Waals surface area contributed by atoms with E-state index in [-0.39, 0.29) is 0 Å². The van der Waals surface area contributed by atoms with Crippen LogP contribution in [0.2, 0.25) is 0 Å². The molecule has 1 heteroatoms. The van der Waals surface area contributed by atoms with Gasteiger partial charge in [0.05, 0.1) is 0 Å². The molecule has 88 valence electrons. The molecule has 2 aliphatic rings. The summed E-state index contributed by atoms with van der Waals surface area (Å²) in [5.74, 6) is 3.49. The van der Waals surface area contributed by atoms with Crippen LogP contribution in [0.3, 0.4) is 0 Å². The van der Waals surface area contributed by atoms with Gasteiger partial charge in [0.25, 0.3) is 0 Å². The van der Waals surface area contributed by atoms with Gasteiger partial charge < -0.3 is 0 Å². The first-order chi connectivity index (χ1) is 7.83. The van der Waals surface area contributed by atoms with Crippen LogP contribution in [0.4, 0.5) is 0 Å². The number of fused-ring (bicyclic) bond motifs is 1. The number of rotatable bonds is 2. The summed E-state index contributed by atoms with van der Waals surface area (Å²) in [5, 5.41) is 0. The van der Waals surface area contributed by atoms with Crippen LogP contribution in [0.15, 0.2) is 12.2 Å². The second-order valence-electron chi connectivity index (χ2n) is 5.31. The van der Waals surface area contributed by atoms with E-state index in [2.05, 4.69) is 23.8 Å². The monoisotopic (exact) mass is 217 g/mol. The Morgan fingerprint density at radius 3 is 3.00 bits per heavy atom. The number of allylic oxidation sites excluding steroid dienone is 1. The minimum absolute atomic E-state index is 0.756. The molecule has 0 aliphatic carbocycles. The molecule has 2 aliphatic heterocycles. The summed E-state index contributed by atoms with van der Waals surface area (Å²) in [6, 6.07) is 1.61. The van der Waals surface area contributed by atoms with E-state index in [9.17, 15) is 0 Å². The van der Waals surface area contributed by atoms with Crippen LogP contribution in [-0.2, 0) is 0 Å². The van der Waals surface area contributed by atoms with Crippen molar-refractivity contribution in [3.63, 3.8) is 0 Å². The van der Waals surface area contributed by atoms with Gasteiger partial charge in [0.15, 0.2) is 0 Å². The predicted octanol–water partition coefficient (Wildman–Crippen LogP) is 3.22. The molecule has 0 aromatic heterocycles. The number of hydrogen-bond acceptors (Lipinski definition) is 1. The van der Waals surface area contributed by atoms with E-state index in [1.54, 1.807) is 0 Å². The summed E-state index contributed by atoms with van der Waals surface area (Å²) < 4.78 is 0. The average Bonchev–Trinajstić information content (AvgIpc) is 2.33. The maximum Gasteiger partial charge on any atom is 0.0133 e. The number of piperidine rings is 2. The minimum Gasteiger partial charge on any atom is -0.297 e. The molecule has 0 aromatic rings. The van der Waals surface area contributed by atoms with Gasteiger partial charge >= 0.3 is 0 Å². The predicted molar refractivity (Wildman–Crippen MR) is 69.1 cm³/mol. The summed E-state index contributed by atoms with van der Waals surface area (Å²) in [6.07, 6.45) is 17.4. The summed E-state index contributed by atoms with van der Waals surface area (Å²) in [4.78, 5) is 2.76. The fourth-order valence-electron chi connectivity index (χ4n) is 3.40. The van der Waals surface area contributed by atoms with E-state index in [1.807, 2.05) is 6.08 Å². The van der Waals surface area contributed by atoms with Crippen molar-refractivity contribution in [3.8, 4) is 12.3 Å². The molecule has 2 saturated heterocycles. The lowest BCUT2D eigenvalue weighted by Gasteiger charge is -2.48. The molecule has 0 spiro atoms. The normalized spacial score (nSPS) is 35.9. The molecule has 0 saturated carbocycles. The van der Waals surface area contributed by atoms with E-state index in [4.69, 9.17) is 6.42 Å². The van der Waals surface area contributed by atoms with Crippen LogP contribution in [0.25, 0.3) is 0 Å². The summed E-state index contributed by atoms with van der Waals surface area (Å²) in [6.45, 7) is 3.74. The van der Waals surface area contributed by atoms with Crippen molar-refractivity contribution in [3.05, 3.63) is 12.2 Å². The van der Waals surface area contributed by atoms with Gasteiger partial charge in [-0.25, -0.2) is 0 Å². The van der Waals surface area contributed by atoms with Gasteiger partial charge in [0.2, 0.25) is 0 Å². The summed E-state index contributed by atoms with van der Waals surface area (Å²) in [7, 11) is 0. The van der Waals surface area contributed by atoms with Gasteiger partial charge in [-0.3, -0.25) is 4.90 Å². The van der Waals surface area contributed by atoms with E-state index >= 15 is 0 Å². The molecule has 2 fully saturated rings. The maximum absolute atomic E-state index is 5.25. The SMILES string of the molecule is C#C/C=C\C[C@@H]1CC[C@H](C)[C@@H]2CCCCN12. The molecule has 16 heavy (non-hydrogen) atoms. The first-order valence-corrected chi connectivity index (χ1v) is 6.70. The van der Waals surface area contributed by atoms with Crippen molar-refractivity contribution in [2.24, 2.45) is 5.92 Å². The minimum atomic E-state index is 0.756. The van der Waals surface area contributed by atoms with Gasteiger partial charge in [-0.05, 0) is 50.6 Å². The van der Waals surface area contributed by atoms with Crippen LogP contribution in [0.5, 0.6) is 0 Å². The zero-order valence-corrected chi connectivity index (χ0v) is 10.4. The molecule has 0 aromatic carbocycles. The van der Waals surface area contributed by atoms with Crippen LogP contribution in [-0.4, -0.2) is 23.5 Å². The van der Waals surface area contributed by atoms with Gasteiger partial charge in [-0.2, -0.15) is 0 Å². The number of nitrogens with zero attached hydrogens (tertiary/aromatic N) is 1. The van der Waals surface area contributed by atoms with Gasteiger partial charge in [0, 0.05) is 12.1 Å². The zero-order valence-electron chi connectivity index (χ0n) is 10.4.